The van der Waals surface area contributed by atoms with Crippen molar-refractivity contribution in [2.24, 2.45) is 0 Å². The lowest BCUT2D eigenvalue weighted by Crippen LogP contribution is -2.31. The number of nitrogens with zero attached hydrogens (tertiary/aromatic N) is 1. The minimum absolute atomic E-state index is 0.0371. The Morgan fingerprint density at radius 2 is 1.85 bits per heavy atom. The van der Waals surface area contributed by atoms with Crippen LogP contribution in [0.25, 0.3) is 10.8 Å². The summed E-state index contributed by atoms with van der Waals surface area (Å²) in [6.45, 7) is 7.34. The van der Waals surface area contributed by atoms with Crippen molar-refractivity contribution in [3.8, 4) is 5.75 Å². The third-order valence-corrected chi connectivity index (χ3v) is 3.67. The van der Waals surface area contributed by atoms with Gasteiger partial charge in [-0.25, -0.2) is 0 Å². The highest BCUT2D eigenvalue weighted by molar-refractivity contribution is 6.05. The quantitative estimate of drug-likeness (QED) is 0.849. The number of carbonyl (C=O) groups excluding carboxylic acids is 1. The molecule has 2 aromatic carbocycles. The SMILES string of the molecule is CCN(CC)C(=O)c1c(C)cc2ccccc2c1OC. The number of ether oxygens (including phenoxy) is 1. The van der Waals surface area contributed by atoms with Crippen molar-refractivity contribution in [3.63, 3.8) is 0 Å². The van der Waals surface area contributed by atoms with Gasteiger partial charge in [0.15, 0.2) is 0 Å². The molecule has 0 spiro atoms. The molecular formula is C17H21NO2. The molecule has 0 radical (unpaired) electrons. The van der Waals surface area contributed by atoms with E-state index in [4.69, 9.17) is 4.74 Å². The van der Waals surface area contributed by atoms with Gasteiger partial charge in [0.2, 0.25) is 0 Å². The van der Waals surface area contributed by atoms with Crippen LogP contribution >= 0.6 is 0 Å². The number of rotatable bonds is 4. The fourth-order valence-corrected chi connectivity index (χ4v) is 2.60. The van der Waals surface area contributed by atoms with E-state index in [2.05, 4.69) is 6.07 Å². The summed E-state index contributed by atoms with van der Waals surface area (Å²) >= 11 is 0. The van der Waals surface area contributed by atoms with Crippen LogP contribution in [0.4, 0.5) is 0 Å². The summed E-state index contributed by atoms with van der Waals surface area (Å²) in [7, 11) is 1.63. The maximum absolute atomic E-state index is 12.7. The number of benzene rings is 2. The highest BCUT2D eigenvalue weighted by Crippen LogP contribution is 2.33. The first-order valence-electron chi connectivity index (χ1n) is 6.99. The van der Waals surface area contributed by atoms with E-state index >= 15 is 0 Å². The molecular weight excluding hydrogens is 250 g/mol. The summed E-state index contributed by atoms with van der Waals surface area (Å²) in [4.78, 5) is 14.5. The molecule has 0 atom stereocenters. The van der Waals surface area contributed by atoms with Crippen LogP contribution in [0.3, 0.4) is 0 Å². The number of hydrogen-bond donors (Lipinski definition) is 0. The molecule has 3 heteroatoms. The minimum atomic E-state index is 0.0371. The average Bonchev–Trinajstić information content (AvgIpc) is 2.46. The Morgan fingerprint density at radius 1 is 1.20 bits per heavy atom. The molecule has 20 heavy (non-hydrogen) atoms. The number of carbonyl (C=O) groups is 1. The first-order chi connectivity index (χ1) is 9.63. The Kier molecular flexibility index (Phi) is 4.28. The molecule has 106 valence electrons. The molecule has 0 bridgehead atoms. The zero-order valence-electron chi connectivity index (χ0n) is 12.6. The lowest BCUT2D eigenvalue weighted by Gasteiger charge is -2.22. The zero-order chi connectivity index (χ0) is 14.7. The zero-order valence-corrected chi connectivity index (χ0v) is 12.6. The van der Waals surface area contributed by atoms with E-state index in [1.54, 1.807) is 7.11 Å². The molecule has 0 aliphatic rings. The van der Waals surface area contributed by atoms with Crippen LogP contribution in [-0.2, 0) is 0 Å². The van der Waals surface area contributed by atoms with Gasteiger partial charge in [-0.3, -0.25) is 4.79 Å². The molecule has 2 aromatic rings. The predicted molar refractivity (Wildman–Crippen MR) is 82.5 cm³/mol. The van der Waals surface area contributed by atoms with Gasteiger partial charge in [-0.1, -0.05) is 30.3 Å². The maximum atomic E-state index is 12.7. The summed E-state index contributed by atoms with van der Waals surface area (Å²) in [5, 5.41) is 2.08. The molecule has 0 saturated carbocycles. The van der Waals surface area contributed by atoms with E-state index in [1.165, 1.54) is 0 Å². The van der Waals surface area contributed by atoms with Crippen molar-refractivity contribution in [2.75, 3.05) is 20.2 Å². The van der Waals surface area contributed by atoms with Crippen molar-refractivity contribution in [2.45, 2.75) is 20.8 Å². The van der Waals surface area contributed by atoms with Crippen molar-refractivity contribution < 1.29 is 9.53 Å². The standard InChI is InChI=1S/C17H21NO2/c1-5-18(6-2)17(19)15-12(3)11-13-9-7-8-10-14(13)16(15)20-4/h7-11H,5-6H2,1-4H3. The molecule has 1 amide bonds. The van der Waals surface area contributed by atoms with Crippen LogP contribution < -0.4 is 4.74 Å². The second kappa shape index (κ2) is 5.95. The van der Waals surface area contributed by atoms with Gasteiger partial charge >= 0.3 is 0 Å². The van der Waals surface area contributed by atoms with E-state index in [0.29, 0.717) is 24.4 Å². The number of aryl methyl sites for hydroxylation is 1. The molecule has 0 heterocycles. The van der Waals surface area contributed by atoms with Crippen LogP contribution in [-0.4, -0.2) is 31.0 Å². The number of methoxy groups -OCH3 is 1. The first-order valence-corrected chi connectivity index (χ1v) is 6.99. The Morgan fingerprint density at radius 3 is 2.45 bits per heavy atom. The summed E-state index contributed by atoms with van der Waals surface area (Å²) in [6, 6.07) is 10.0. The molecule has 0 aromatic heterocycles. The summed E-state index contributed by atoms with van der Waals surface area (Å²) < 4.78 is 5.55. The van der Waals surface area contributed by atoms with E-state index in [9.17, 15) is 4.79 Å². The van der Waals surface area contributed by atoms with Crippen LogP contribution in [0.1, 0.15) is 29.8 Å². The van der Waals surface area contributed by atoms with Crippen molar-refractivity contribution in [1.29, 1.82) is 0 Å². The molecule has 0 saturated heterocycles. The molecule has 2 rings (SSSR count). The lowest BCUT2D eigenvalue weighted by molar-refractivity contribution is 0.0769. The van der Waals surface area contributed by atoms with Gasteiger partial charge in [-0.15, -0.1) is 0 Å². The smallest absolute Gasteiger partial charge is 0.257 e. The normalized spacial score (nSPS) is 10.6. The fraction of sp³-hybridized carbons (Fsp3) is 0.353. The van der Waals surface area contributed by atoms with Gasteiger partial charge in [0, 0.05) is 18.5 Å². The fourth-order valence-electron chi connectivity index (χ4n) is 2.60. The van der Waals surface area contributed by atoms with Gasteiger partial charge in [-0.2, -0.15) is 0 Å². The Balaban J connectivity index is 2.69. The summed E-state index contributed by atoms with van der Waals surface area (Å²) in [6.07, 6.45) is 0. The Hall–Kier alpha value is -2.03. The number of hydrogen-bond acceptors (Lipinski definition) is 2. The van der Waals surface area contributed by atoms with Crippen molar-refractivity contribution in [1.82, 2.24) is 4.90 Å². The maximum Gasteiger partial charge on any atom is 0.257 e. The van der Waals surface area contributed by atoms with E-state index in [-0.39, 0.29) is 5.91 Å². The lowest BCUT2D eigenvalue weighted by atomic mass is 9.99. The van der Waals surface area contributed by atoms with E-state index in [1.807, 2.05) is 49.9 Å². The van der Waals surface area contributed by atoms with Crippen LogP contribution in [0.2, 0.25) is 0 Å². The first kappa shape index (κ1) is 14.4. The molecule has 0 fully saturated rings. The molecule has 0 aliphatic heterocycles. The van der Waals surface area contributed by atoms with Gasteiger partial charge in [0.1, 0.15) is 5.75 Å². The molecule has 0 unspecified atom stereocenters. The summed E-state index contributed by atoms with van der Waals surface area (Å²) in [5.74, 6) is 0.715. The van der Waals surface area contributed by atoms with E-state index in [0.717, 1.165) is 16.3 Å². The third kappa shape index (κ3) is 2.36. The largest absolute Gasteiger partial charge is 0.495 e. The number of fused-ring (bicyclic) bond motifs is 1. The molecule has 3 nitrogen and oxygen atoms in total. The van der Waals surface area contributed by atoms with Crippen LogP contribution in [0.15, 0.2) is 30.3 Å². The third-order valence-electron chi connectivity index (χ3n) is 3.67. The minimum Gasteiger partial charge on any atom is -0.495 e. The van der Waals surface area contributed by atoms with Gasteiger partial charge in [-0.05, 0) is 31.7 Å². The molecule has 0 N–H and O–H groups in total. The van der Waals surface area contributed by atoms with Gasteiger partial charge in [0.25, 0.3) is 5.91 Å². The Bertz CT molecular complexity index is 630. The van der Waals surface area contributed by atoms with Crippen LogP contribution in [0, 0.1) is 6.92 Å². The second-order valence-corrected chi connectivity index (χ2v) is 4.80. The summed E-state index contributed by atoms with van der Waals surface area (Å²) in [5.41, 5.74) is 1.63. The Labute approximate surface area is 120 Å². The van der Waals surface area contributed by atoms with Crippen LogP contribution in [0.5, 0.6) is 5.75 Å². The van der Waals surface area contributed by atoms with E-state index < -0.39 is 0 Å². The molecule has 0 aliphatic carbocycles. The van der Waals surface area contributed by atoms with Crippen molar-refractivity contribution in [3.05, 3.63) is 41.5 Å². The number of amides is 1. The topological polar surface area (TPSA) is 29.5 Å². The van der Waals surface area contributed by atoms with Crippen molar-refractivity contribution >= 4 is 16.7 Å². The van der Waals surface area contributed by atoms with Gasteiger partial charge < -0.3 is 9.64 Å². The average molecular weight is 271 g/mol. The second-order valence-electron chi connectivity index (χ2n) is 4.80. The highest BCUT2D eigenvalue weighted by atomic mass is 16.5. The monoisotopic (exact) mass is 271 g/mol. The van der Waals surface area contributed by atoms with Gasteiger partial charge in [0.05, 0.1) is 12.7 Å². The predicted octanol–water partition coefficient (Wildman–Crippen LogP) is 3.64. The highest BCUT2D eigenvalue weighted by Gasteiger charge is 2.21.